The van der Waals surface area contributed by atoms with Crippen LogP contribution in [0.2, 0.25) is 0 Å². The van der Waals surface area contributed by atoms with Gasteiger partial charge in [0, 0.05) is 26.2 Å². The van der Waals surface area contributed by atoms with Gasteiger partial charge in [0.15, 0.2) is 0 Å². The van der Waals surface area contributed by atoms with Crippen molar-refractivity contribution in [2.45, 2.75) is 56.9 Å². The topological polar surface area (TPSA) is 44.8 Å². The Morgan fingerprint density at radius 1 is 1.00 bits per heavy atom. The minimum Gasteiger partial charge on any atom is -0.365 e. The molecule has 0 radical (unpaired) electrons. The minimum atomic E-state index is -0.0635. The molecule has 5 rings (SSSR count). The number of carbonyl (C=O) groups is 1. The second-order valence-corrected chi connectivity index (χ2v) is 9.54. The fourth-order valence-corrected chi connectivity index (χ4v) is 5.70. The van der Waals surface area contributed by atoms with Crippen LogP contribution in [-0.2, 0) is 28.3 Å². The number of benzene rings is 2. The molecule has 3 aliphatic rings. The van der Waals surface area contributed by atoms with Gasteiger partial charge in [-0.15, -0.1) is 24.8 Å². The highest BCUT2D eigenvalue weighted by Gasteiger charge is 2.42. The predicted molar refractivity (Wildman–Crippen MR) is 141 cm³/mol. The average molecular weight is 507 g/mol. The normalized spacial score (nSPS) is 21.5. The molecule has 0 aliphatic carbocycles. The molecule has 1 N–H and O–H groups in total. The lowest BCUT2D eigenvalue weighted by molar-refractivity contribution is -0.125. The molecule has 2 fully saturated rings. The molecule has 1 atom stereocenters. The molecule has 186 valence electrons. The Hall–Kier alpha value is -1.63. The predicted octanol–water partition coefficient (Wildman–Crippen LogP) is 4.52. The molecule has 1 spiro atoms. The monoisotopic (exact) mass is 505 g/mol. The van der Waals surface area contributed by atoms with E-state index in [4.69, 9.17) is 4.74 Å². The number of nitrogens with zero attached hydrogens (tertiary/aromatic N) is 2. The molecule has 2 aromatic carbocycles. The SMILES string of the molecule is Cl.Cl.O=C(NCCCN1CCC2(CC1)OCc1ccccc12)[C@H]1CCCN1Cc1ccccc1. The fourth-order valence-electron chi connectivity index (χ4n) is 5.70. The van der Waals surface area contributed by atoms with Gasteiger partial charge in [0.2, 0.25) is 5.91 Å². The zero-order valence-electron chi connectivity index (χ0n) is 19.8. The van der Waals surface area contributed by atoms with Gasteiger partial charge in [-0.25, -0.2) is 0 Å². The van der Waals surface area contributed by atoms with Crippen LogP contribution in [0, 0.1) is 0 Å². The van der Waals surface area contributed by atoms with E-state index in [9.17, 15) is 4.79 Å². The third kappa shape index (κ3) is 5.95. The number of hydrogen-bond acceptors (Lipinski definition) is 4. The van der Waals surface area contributed by atoms with E-state index in [2.05, 4.69) is 63.6 Å². The van der Waals surface area contributed by atoms with Gasteiger partial charge in [-0.3, -0.25) is 9.69 Å². The molecule has 3 heterocycles. The Labute approximate surface area is 216 Å². The Morgan fingerprint density at radius 2 is 1.74 bits per heavy atom. The molecule has 0 unspecified atom stereocenters. The fraction of sp³-hybridized carbons (Fsp3) is 0.519. The van der Waals surface area contributed by atoms with Crippen molar-refractivity contribution in [3.8, 4) is 0 Å². The van der Waals surface area contributed by atoms with Gasteiger partial charge in [-0.05, 0) is 61.9 Å². The quantitative estimate of drug-likeness (QED) is 0.561. The largest absolute Gasteiger partial charge is 0.365 e. The molecule has 2 aromatic rings. The van der Waals surface area contributed by atoms with E-state index in [0.717, 1.165) is 78.0 Å². The summed E-state index contributed by atoms with van der Waals surface area (Å²) in [6.07, 6.45) is 5.20. The van der Waals surface area contributed by atoms with Crippen molar-refractivity contribution in [2.75, 3.05) is 32.7 Å². The smallest absolute Gasteiger partial charge is 0.237 e. The number of fused-ring (bicyclic) bond motifs is 2. The van der Waals surface area contributed by atoms with Crippen LogP contribution >= 0.6 is 24.8 Å². The van der Waals surface area contributed by atoms with Gasteiger partial charge in [0.1, 0.15) is 0 Å². The van der Waals surface area contributed by atoms with Crippen molar-refractivity contribution < 1.29 is 9.53 Å². The number of rotatable bonds is 7. The van der Waals surface area contributed by atoms with E-state index >= 15 is 0 Å². The maximum atomic E-state index is 12.8. The molecule has 3 aliphatic heterocycles. The lowest BCUT2D eigenvalue weighted by Gasteiger charge is -2.39. The molecule has 5 nitrogen and oxygen atoms in total. The van der Waals surface area contributed by atoms with Crippen LogP contribution < -0.4 is 5.32 Å². The molecule has 0 saturated carbocycles. The van der Waals surface area contributed by atoms with E-state index in [-0.39, 0.29) is 42.4 Å². The molecule has 7 heteroatoms. The summed E-state index contributed by atoms with van der Waals surface area (Å²) in [6.45, 7) is 6.55. The van der Waals surface area contributed by atoms with E-state index in [1.165, 1.54) is 16.7 Å². The zero-order chi connectivity index (χ0) is 21.8. The van der Waals surface area contributed by atoms with Crippen molar-refractivity contribution in [1.29, 1.82) is 0 Å². The molecule has 0 bridgehead atoms. The van der Waals surface area contributed by atoms with Crippen molar-refractivity contribution in [3.05, 3.63) is 71.3 Å². The molecule has 0 aromatic heterocycles. The van der Waals surface area contributed by atoms with Gasteiger partial charge in [-0.1, -0.05) is 54.6 Å². The van der Waals surface area contributed by atoms with Crippen LogP contribution in [0.4, 0.5) is 0 Å². The molecule has 34 heavy (non-hydrogen) atoms. The second-order valence-electron chi connectivity index (χ2n) is 9.54. The van der Waals surface area contributed by atoms with Gasteiger partial charge in [0.25, 0.3) is 0 Å². The standard InChI is InChI=1S/C27H35N3O2.2ClH/c31-26(25-12-6-17-30(25)20-22-8-2-1-3-9-22)28-15-7-16-29-18-13-27(14-19-29)24-11-5-4-10-23(24)21-32-27;;/h1-5,8-11,25H,6-7,12-21H2,(H,28,31);2*1H/t25-;;/m1../s1. The summed E-state index contributed by atoms with van der Waals surface area (Å²) >= 11 is 0. The summed E-state index contributed by atoms with van der Waals surface area (Å²) < 4.78 is 6.28. The highest BCUT2D eigenvalue weighted by Crippen LogP contribution is 2.43. The van der Waals surface area contributed by atoms with Crippen LogP contribution in [-0.4, -0.2) is 54.5 Å². The molecular weight excluding hydrogens is 469 g/mol. The van der Waals surface area contributed by atoms with E-state index in [0.29, 0.717) is 0 Å². The maximum absolute atomic E-state index is 12.8. The highest BCUT2D eigenvalue weighted by atomic mass is 35.5. The maximum Gasteiger partial charge on any atom is 0.237 e. The number of ether oxygens (including phenoxy) is 1. The number of amides is 1. The third-order valence-corrected chi connectivity index (χ3v) is 7.52. The molecule has 1 amide bonds. The van der Waals surface area contributed by atoms with Gasteiger partial charge in [-0.2, -0.15) is 0 Å². The minimum absolute atomic E-state index is 0. The first-order valence-electron chi connectivity index (χ1n) is 12.2. The Kier molecular flexibility index (Phi) is 9.81. The van der Waals surface area contributed by atoms with Gasteiger partial charge >= 0.3 is 0 Å². The summed E-state index contributed by atoms with van der Waals surface area (Å²) in [5.74, 6) is 0.201. The summed E-state index contributed by atoms with van der Waals surface area (Å²) in [5.41, 5.74) is 3.98. The van der Waals surface area contributed by atoms with E-state index in [1.807, 2.05) is 6.07 Å². The average Bonchev–Trinajstić information content (AvgIpc) is 3.44. The third-order valence-electron chi connectivity index (χ3n) is 7.52. The van der Waals surface area contributed by atoms with Crippen LogP contribution in [0.25, 0.3) is 0 Å². The first kappa shape index (κ1) is 27.0. The highest BCUT2D eigenvalue weighted by molar-refractivity contribution is 5.85. The van der Waals surface area contributed by atoms with Crippen molar-refractivity contribution in [2.24, 2.45) is 0 Å². The Balaban J connectivity index is 0.00000162. The molecular formula is C27H37Cl2N3O2. The number of likely N-dealkylation sites (tertiary alicyclic amines) is 2. The van der Waals surface area contributed by atoms with Crippen LogP contribution in [0.1, 0.15) is 48.8 Å². The molecule has 2 saturated heterocycles. The first-order valence-corrected chi connectivity index (χ1v) is 12.2. The van der Waals surface area contributed by atoms with Gasteiger partial charge in [0.05, 0.1) is 18.2 Å². The summed E-state index contributed by atoms with van der Waals surface area (Å²) in [4.78, 5) is 17.7. The van der Waals surface area contributed by atoms with Crippen LogP contribution in [0.5, 0.6) is 0 Å². The first-order chi connectivity index (χ1) is 15.7. The number of halogens is 2. The summed E-state index contributed by atoms with van der Waals surface area (Å²) in [6, 6.07) is 19.2. The summed E-state index contributed by atoms with van der Waals surface area (Å²) in [5, 5.41) is 3.21. The number of hydrogen-bond donors (Lipinski definition) is 1. The number of carbonyl (C=O) groups excluding carboxylic acids is 1. The van der Waals surface area contributed by atoms with E-state index < -0.39 is 0 Å². The van der Waals surface area contributed by atoms with E-state index in [1.54, 1.807) is 0 Å². The number of piperidine rings is 1. The Morgan fingerprint density at radius 3 is 2.53 bits per heavy atom. The second kappa shape index (κ2) is 12.4. The number of nitrogens with one attached hydrogen (secondary N) is 1. The van der Waals surface area contributed by atoms with Crippen molar-refractivity contribution >= 4 is 30.7 Å². The van der Waals surface area contributed by atoms with Crippen LogP contribution in [0.3, 0.4) is 0 Å². The van der Waals surface area contributed by atoms with Crippen molar-refractivity contribution in [1.82, 2.24) is 15.1 Å². The lowest BCUT2D eigenvalue weighted by Crippen LogP contribution is -2.45. The van der Waals surface area contributed by atoms with Gasteiger partial charge < -0.3 is 15.0 Å². The summed E-state index contributed by atoms with van der Waals surface area (Å²) in [7, 11) is 0. The zero-order valence-corrected chi connectivity index (χ0v) is 21.4. The van der Waals surface area contributed by atoms with Crippen LogP contribution in [0.15, 0.2) is 54.6 Å². The lowest BCUT2D eigenvalue weighted by atomic mass is 9.84. The Bertz CT molecular complexity index is 919. The van der Waals surface area contributed by atoms with Crippen molar-refractivity contribution in [3.63, 3.8) is 0 Å².